The molecule has 11 heteroatoms. The van der Waals surface area contributed by atoms with Gasteiger partial charge in [0.2, 0.25) is 5.75 Å². The fourth-order valence-corrected chi connectivity index (χ4v) is 4.90. The highest BCUT2D eigenvalue weighted by Gasteiger charge is 2.50. The van der Waals surface area contributed by atoms with Gasteiger partial charge in [-0.2, -0.15) is 0 Å². The molecule has 0 radical (unpaired) electrons. The summed E-state index contributed by atoms with van der Waals surface area (Å²) in [5.74, 6) is -3.33. The number of fused-ring (bicyclic) bond motifs is 2. The Kier molecular flexibility index (Phi) is 6.94. The molecule has 0 spiro atoms. The third-order valence-electron chi connectivity index (χ3n) is 6.87. The van der Waals surface area contributed by atoms with Crippen molar-refractivity contribution < 1.29 is 28.6 Å². The Bertz CT molecular complexity index is 1250. The number of Topliss-reactive ketones (excluding diaryl/α,β-unsaturated/α-hetero) is 1. The highest BCUT2D eigenvalue weighted by molar-refractivity contribution is 6.35. The van der Waals surface area contributed by atoms with Crippen LogP contribution in [0.1, 0.15) is 60.5 Å². The van der Waals surface area contributed by atoms with Crippen LogP contribution in [0.4, 0.5) is 4.39 Å². The highest BCUT2D eigenvalue weighted by Crippen LogP contribution is 2.41. The van der Waals surface area contributed by atoms with Crippen molar-refractivity contribution in [3.8, 4) is 5.75 Å². The van der Waals surface area contributed by atoms with Gasteiger partial charge in [-0.25, -0.2) is 9.37 Å². The molecular weight excluding hydrogens is 471 g/mol. The van der Waals surface area contributed by atoms with Crippen molar-refractivity contribution in [1.29, 1.82) is 0 Å². The number of likely N-dealkylation sites (N-methyl/N-ethyl adjacent to an activating group) is 1. The standard InChI is InChI=1S/C25H29FN4O6/c1-4-16-18-11-12-25(13-36-18,28-21(33)23(35)29(2)3)24-27-19(20(32)22(34)30(16)24)17(31)10-7-14-5-8-15(26)9-6-14/h5-6,8-9,16,18,32H,4,7,10-13H2,1-3H3,(H,28,33). The molecule has 2 bridgehead atoms. The van der Waals surface area contributed by atoms with Crippen LogP contribution in [0.5, 0.6) is 5.75 Å². The highest BCUT2D eigenvalue weighted by atomic mass is 19.1. The van der Waals surface area contributed by atoms with Crippen LogP contribution in [0.2, 0.25) is 0 Å². The number of aryl methyl sites for hydroxylation is 1. The molecule has 4 heterocycles. The van der Waals surface area contributed by atoms with E-state index in [-0.39, 0.29) is 31.4 Å². The third kappa shape index (κ3) is 4.50. The van der Waals surface area contributed by atoms with Gasteiger partial charge in [-0.1, -0.05) is 19.1 Å². The second-order valence-electron chi connectivity index (χ2n) is 9.46. The lowest BCUT2D eigenvalue weighted by Gasteiger charge is -2.37. The van der Waals surface area contributed by atoms with Gasteiger partial charge in [-0.3, -0.25) is 23.7 Å². The van der Waals surface area contributed by atoms with Gasteiger partial charge in [0.1, 0.15) is 17.2 Å². The first-order chi connectivity index (χ1) is 17.1. The molecule has 192 valence electrons. The maximum atomic E-state index is 13.4. The summed E-state index contributed by atoms with van der Waals surface area (Å²) in [5.41, 5.74) is -1.82. The van der Waals surface area contributed by atoms with E-state index in [2.05, 4.69) is 10.3 Å². The Morgan fingerprint density at radius 1 is 1.28 bits per heavy atom. The van der Waals surface area contributed by atoms with E-state index in [1.165, 1.54) is 30.8 Å². The maximum Gasteiger partial charge on any atom is 0.311 e. The molecule has 1 aromatic carbocycles. The van der Waals surface area contributed by atoms with Gasteiger partial charge in [0.05, 0.1) is 18.8 Å². The lowest BCUT2D eigenvalue weighted by molar-refractivity contribution is -0.147. The fourth-order valence-electron chi connectivity index (χ4n) is 4.90. The number of aromatic hydroxyl groups is 1. The first-order valence-corrected chi connectivity index (χ1v) is 11.9. The first-order valence-electron chi connectivity index (χ1n) is 11.9. The SMILES string of the molecule is CCC1C2CCC(NC(=O)C(=O)N(C)C)(CO2)c2nc(C(=O)CCc3ccc(F)cc3)c(O)c(=O)n21. The van der Waals surface area contributed by atoms with E-state index in [4.69, 9.17) is 4.74 Å². The molecule has 0 saturated carbocycles. The Balaban J connectivity index is 1.76. The Labute approximate surface area is 207 Å². The zero-order chi connectivity index (χ0) is 26.2. The molecule has 10 nitrogen and oxygen atoms in total. The summed E-state index contributed by atoms with van der Waals surface area (Å²) >= 11 is 0. The number of hydrogen-bond donors (Lipinski definition) is 2. The largest absolute Gasteiger partial charge is 0.501 e. The van der Waals surface area contributed by atoms with E-state index in [0.717, 1.165) is 4.90 Å². The molecule has 3 aliphatic rings. The van der Waals surface area contributed by atoms with E-state index >= 15 is 0 Å². The quantitative estimate of drug-likeness (QED) is 0.453. The molecule has 3 unspecified atom stereocenters. The minimum Gasteiger partial charge on any atom is -0.501 e. The minimum atomic E-state index is -1.33. The Hall–Kier alpha value is -3.60. The number of carbonyl (C=O) groups excluding carboxylic acids is 3. The summed E-state index contributed by atoms with van der Waals surface area (Å²) in [5, 5.41) is 13.4. The van der Waals surface area contributed by atoms with Crippen LogP contribution in [0.15, 0.2) is 29.1 Å². The van der Waals surface area contributed by atoms with Crippen molar-refractivity contribution in [2.24, 2.45) is 0 Å². The molecule has 1 fully saturated rings. The normalized spacial score (nSPS) is 22.4. The fraction of sp³-hybridized carbons (Fsp3) is 0.480. The van der Waals surface area contributed by atoms with E-state index in [0.29, 0.717) is 24.8 Å². The molecule has 1 aromatic heterocycles. The van der Waals surface area contributed by atoms with Gasteiger partial charge in [-0.15, -0.1) is 0 Å². The second kappa shape index (κ2) is 9.81. The summed E-state index contributed by atoms with van der Waals surface area (Å²) in [4.78, 5) is 57.1. The number of benzene rings is 1. The number of aromatic nitrogens is 2. The minimum absolute atomic E-state index is 0.0406. The van der Waals surface area contributed by atoms with Gasteiger partial charge >= 0.3 is 11.8 Å². The van der Waals surface area contributed by atoms with Crippen LogP contribution in [-0.4, -0.2) is 64.0 Å². The molecule has 0 aliphatic carbocycles. The van der Waals surface area contributed by atoms with Gasteiger partial charge in [0.25, 0.3) is 5.56 Å². The Morgan fingerprint density at radius 3 is 2.56 bits per heavy atom. The van der Waals surface area contributed by atoms with Gasteiger partial charge < -0.3 is 20.1 Å². The monoisotopic (exact) mass is 500 g/mol. The van der Waals surface area contributed by atoms with Crippen LogP contribution in [-0.2, 0) is 26.3 Å². The van der Waals surface area contributed by atoms with Crippen LogP contribution < -0.4 is 10.9 Å². The average Bonchev–Trinajstić information content (AvgIpc) is 3.07. The number of carbonyl (C=O) groups is 3. The maximum absolute atomic E-state index is 13.4. The van der Waals surface area contributed by atoms with Crippen LogP contribution >= 0.6 is 0 Å². The van der Waals surface area contributed by atoms with Crippen LogP contribution in [0.3, 0.4) is 0 Å². The predicted molar refractivity (Wildman–Crippen MR) is 126 cm³/mol. The van der Waals surface area contributed by atoms with Crippen molar-refractivity contribution in [2.45, 2.75) is 56.7 Å². The van der Waals surface area contributed by atoms with Crippen molar-refractivity contribution >= 4 is 17.6 Å². The zero-order valence-electron chi connectivity index (χ0n) is 20.4. The Morgan fingerprint density at radius 2 is 1.97 bits per heavy atom. The summed E-state index contributed by atoms with van der Waals surface area (Å²) in [6.07, 6.45) is 1.11. The van der Waals surface area contributed by atoms with Gasteiger partial charge in [0.15, 0.2) is 11.5 Å². The number of amides is 2. The van der Waals surface area contributed by atoms with Crippen LogP contribution in [0, 0.1) is 5.82 Å². The number of hydrogen-bond acceptors (Lipinski definition) is 7. The molecular formula is C25H29FN4O6. The van der Waals surface area contributed by atoms with E-state index in [1.54, 1.807) is 12.1 Å². The van der Waals surface area contributed by atoms with E-state index in [9.17, 15) is 28.7 Å². The smallest absolute Gasteiger partial charge is 0.311 e. The number of nitrogens with zero attached hydrogens (tertiary/aromatic N) is 3. The number of ketones is 1. The van der Waals surface area contributed by atoms with Crippen LogP contribution in [0.25, 0.3) is 0 Å². The molecule has 1 saturated heterocycles. The van der Waals surface area contributed by atoms with Crippen molar-refractivity contribution in [2.75, 3.05) is 20.7 Å². The van der Waals surface area contributed by atoms with Crippen molar-refractivity contribution in [3.63, 3.8) is 0 Å². The van der Waals surface area contributed by atoms with Crippen molar-refractivity contribution in [1.82, 2.24) is 19.8 Å². The lowest BCUT2D eigenvalue weighted by Crippen LogP contribution is -2.56. The average molecular weight is 501 g/mol. The second-order valence-corrected chi connectivity index (χ2v) is 9.46. The summed E-state index contributed by atoms with van der Waals surface area (Å²) in [6.45, 7) is 1.82. The molecule has 5 rings (SSSR count). The number of nitrogens with one attached hydrogen (secondary N) is 1. The predicted octanol–water partition coefficient (Wildman–Crippen LogP) is 1.45. The van der Waals surface area contributed by atoms with E-state index < -0.39 is 52.0 Å². The first kappa shape index (κ1) is 25.5. The molecule has 3 aliphatic heterocycles. The van der Waals surface area contributed by atoms with Crippen molar-refractivity contribution in [3.05, 3.63) is 57.5 Å². The number of ether oxygens (including phenoxy) is 1. The molecule has 2 amide bonds. The lowest BCUT2D eigenvalue weighted by atomic mass is 9.89. The molecule has 2 aromatic rings. The third-order valence-corrected chi connectivity index (χ3v) is 6.87. The van der Waals surface area contributed by atoms with Gasteiger partial charge in [0, 0.05) is 20.5 Å². The van der Waals surface area contributed by atoms with E-state index in [1.807, 2.05) is 6.92 Å². The number of rotatable bonds is 6. The summed E-state index contributed by atoms with van der Waals surface area (Å²) < 4.78 is 20.5. The molecule has 36 heavy (non-hydrogen) atoms. The van der Waals surface area contributed by atoms with Gasteiger partial charge in [-0.05, 0) is 43.4 Å². The zero-order valence-corrected chi connectivity index (χ0v) is 20.4. The summed E-state index contributed by atoms with van der Waals surface area (Å²) in [7, 11) is 2.89. The molecule has 3 atom stereocenters. The number of halogens is 1. The summed E-state index contributed by atoms with van der Waals surface area (Å²) in [6, 6.07) is 5.20. The molecule has 2 N–H and O–H groups in total. The topological polar surface area (TPSA) is 131 Å².